The highest BCUT2D eigenvalue weighted by atomic mass is 14.7. The van der Waals surface area contributed by atoms with E-state index >= 15 is 0 Å². The molecule has 0 aliphatic rings. The van der Waals surface area contributed by atoms with Gasteiger partial charge in [0.2, 0.25) is 0 Å². The SMILES string of the molecule is CC(C)CC=[N+]=CN. The Bertz CT molecular complexity index is 99.1. The summed E-state index contributed by atoms with van der Waals surface area (Å²) in [6, 6.07) is 0. The highest BCUT2D eigenvalue weighted by Gasteiger charge is 1.88. The number of nitrogens with zero attached hydrogens (tertiary/aromatic N) is 1. The van der Waals surface area contributed by atoms with Crippen LogP contribution in [0.25, 0.3) is 0 Å². The Balaban J connectivity index is 3.30. The maximum absolute atomic E-state index is 4.99. The predicted molar refractivity (Wildman–Crippen MR) is 37.9 cm³/mol. The van der Waals surface area contributed by atoms with Crippen LogP contribution in [0.5, 0.6) is 0 Å². The zero-order valence-electron chi connectivity index (χ0n) is 5.46. The molecule has 0 rings (SSSR count). The Hall–Kier alpha value is -0.750. The van der Waals surface area contributed by atoms with Crippen molar-refractivity contribution in [3.8, 4) is 0 Å². The maximum atomic E-state index is 4.99. The molecule has 0 unspecified atom stereocenters. The molecule has 0 aliphatic heterocycles. The lowest BCUT2D eigenvalue weighted by molar-refractivity contribution is 0.690. The minimum absolute atomic E-state index is 0.679. The molecule has 2 N–H and O–H groups in total. The molecule has 0 heterocycles. The van der Waals surface area contributed by atoms with Crippen molar-refractivity contribution >= 4 is 12.6 Å². The lowest BCUT2D eigenvalue weighted by atomic mass is 10.2. The summed E-state index contributed by atoms with van der Waals surface area (Å²) in [4.78, 5) is 0. The van der Waals surface area contributed by atoms with Crippen molar-refractivity contribution in [2.45, 2.75) is 20.3 Å². The van der Waals surface area contributed by atoms with Gasteiger partial charge in [0.25, 0.3) is 0 Å². The zero-order valence-corrected chi connectivity index (χ0v) is 5.46. The largest absolute Gasteiger partial charge is 0.328 e. The fourth-order valence-corrected chi connectivity index (χ4v) is 0.333. The highest BCUT2D eigenvalue weighted by Crippen LogP contribution is 1.92. The third-order valence-corrected chi connectivity index (χ3v) is 0.768. The normalized spacial score (nSPS) is 8.38. The van der Waals surface area contributed by atoms with Crippen LogP contribution in [-0.2, 0) is 0 Å². The van der Waals surface area contributed by atoms with E-state index in [0.29, 0.717) is 5.92 Å². The molecule has 2 heteroatoms. The Morgan fingerprint density at radius 2 is 2.25 bits per heavy atom. The van der Waals surface area contributed by atoms with E-state index in [1.165, 1.54) is 6.34 Å². The van der Waals surface area contributed by atoms with E-state index in [4.69, 9.17) is 5.73 Å². The standard InChI is InChI=1S/C6H12N2/c1-6(2)3-4-8-5-7/h4-7H,3H2,1-2H3/p+1. The first-order valence-corrected chi connectivity index (χ1v) is 2.82. The molecule has 0 aromatic rings. The molecular formula is C6H13N2+. The van der Waals surface area contributed by atoms with Crippen LogP contribution in [0.2, 0.25) is 0 Å². The topological polar surface area (TPSA) is 40.1 Å². The minimum atomic E-state index is 0.679. The smallest absolute Gasteiger partial charge is 0.280 e. The molecule has 0 fully saturated rings. The summed E-state index contributed by atoms with van der Waals surface area (Å²) in [7, 11) is 0. The van der Waals surface area contributed by atoms with E-state index in [2.05, 4.69) is 18.5 Å². The van der Waals surface area contributed by atoms with E-state index in [9.17, 15) is 0 Å². The predicted octanol–water partition coefficient (Wildman–Crippen LogP) is 0.158. The van der Waals surface area contributed by atoms with Crippen molar-refractivity contribution in [2.24, 2.45) is 11.7 Å². The second-order valence-corrected chi connectivity index (χ2v) is 2.11. The van der Waals surface area contributed by atoms with Gasteiger partial charge in [-0.1, -0.05) is 13.8 Å². The summed E-state index contributed by atoms with van der Waals surface area (Å²) in [5, 5.41) is 0. The van der Waals surface area contributed by atoms with Gasteiger partial charge in [-0.2, -0.15) is 0 Å². The molecule has 0 bridgehead atoms. The third-order valence-electron chi connectivity index (χ3n) is 0.768. The quantitative estimate of drug-likeness (QED) is 0.309. The Morgan fingerprint density at radius 1 is 1.62 bits per heavy atom. The van der Waals surface area contributed by atoms with Crippen LogP contribution in [0.1, 0.15) is 20.3 Å². The monoisotopic (exact) mass is 113 g/mol. The maximum Gasteiger partial charge on any atom is 0.328 e. The van der Waals surface area contributed by atoms with Crippen molar-refractivity contribution in [1.29, 1.82) is 0 Å². The van der Waals surface area contributed by atoms with Gasteiger partial charge in [0.15, 0.2) is 6.21 Å². The molecule has 0 saturated carbocycles. The van der Waals surface area contributed by atoms with Crippen molar-refractivity contribution in [2.75, 3.05) is 0 Å². The first-order chi connectivity index (χ1) is 3.77. The Kier molecular flexibility index (Phi) is 4.00. The molecule has 0 aromatic carbocycles. The van der Waals surface area contributed by atoms with Crippen molar-refractivity contribution < 1.29 is 0 Å². The Morgan fingerprint density at radius 3 is 2.62 bits per heavy atom. The second kappa shape index (κ2) is 4.41. The molecule has 0 amide bonds. The molecule has 0 saturated heterocycles. The molecule has 8 heavy (non-hydrogen) atoms. The average molecular weight is 113 g/mol. The molecule has 46 valence electrons. The van der Waals surface area contributed by atoms with Crippen LogP contribution in [0.15, 0.2) is 0 Å². The van der Waals surface area contributed by atoms with Crippen molar-refractivity contribution in [3.05, 3.63) is 0 Å². The van der Waals surface area contributed by atoms with Crippen molar-refractivity contribution in [1.82, 2.24) is 4.67 Å². The van der Waals surface area contributed by atoms with Gasteiger partial charge in [-0.25, -0.2) is 4.67 Å². The van der Waals surface area contributed by atoms with Gasteiger partial charge in [-0.05, 0) is 5.92 Å². The summed E-state index contributed by atoms with van der Waals surface area (Å²) >= 11 is 0. The van der Waals surface area contributed by atoms with E-state index in [1.54, 1.807) is 0 Å². The molecule has 0 aliphatic carbocycles. The first kappa shape index (κ1) is 7.25. The van der Waals surface area contributed by atoms with Gasteiger partial charge in [-0.15, -0.1) is 0 Å². The molecule has 0 radical (unpaired) electrons. The van der Waals surface area contributed by atoms with Crippen LogP contribution < -0.4 is 10.4 Å². The highest BCUT2D eigenvalue weighted by molar-refractivity contribution is 5.63. The van der Waals surface area contributed by atoms with Crippen LogP contribution in [-0.4, -0.2) is 12.6 Å². The summed E-state index contributed by atoms with van der Waals surface area (Å²) in [5.74, 6) is 0.679. The lowest BCUT2D eigenvalue weighted by Gasteiger charge is -1.89. The molecule has 2 nitrogen and oxygen atoms in total. The van der Waals surface area contributed by atoms with Gasteiger partial charge in [-0.3, -0.25) is 5.73 Å². The number of nitrogens with two attached hydrogens (primary N) is 1. The minimum Gasteiger partial charge on any atom is -0.280 e. The molecule has 0 aromatic heterocycles. The van der Waals surface area contributed by atoms with Gasteiger partial charge >= 0.3 is 6.34 Å². The van der Waals surface area contributed by atoms with E-state index in [0.717, 1.165) is 6.42 Å². The zero-order chi connectivity index (χ0) is 6.41. The van der Waals surface area contributed by atoms with Crippen LogP contribution >= 0.6 is 0 Å². The second-order valence-electron chi connectivity index (χ2n) is 2.11. The summed E-state index contributed by atoms with van der Waals surface area (Å²) in [5.41, 5.74) is 4.99. The van der Waals surface area contributed by atoms with E-state index < -0.39 is 0 Å². The van der Waals surface area contributed by atoms with E-state index in [1.807, 2.05) is 6.21 Å². The first-order valence-electron chi connectivity index (χ1n) is 2.82. The fraction of sp³-hybridized carbons (Fsp3) is 0.667. The number of hydrogen-bond acceptors (Lipinski definition) is 0. The fourth-order valence-electron chi connectivity index (χ4n) is 0.333. The van der Waals surface area contributed by atoms with Crippen LogP contribution in [0, 0.1) is 5.92 Å². The lowest BCUT2D eigenvalue weighted by Crippen LogP contribution is -1.95. The number of hydrogen-bond donors (Lipinski definition) is 1. The van der Waals surface area contributed by atoms with Crippen molar-refractivity contribution in [3.63, 3.8) is 0 Å². The van der Waals surface area contributed by atoms with Gasteiger partial charge in [0.05, 0.1) is 0 Å². The summed E-state index contributed by atoms with van der Waals surface area (Å²) < 4.78 is 3.74. The number of rotatable bonds is 2. The molecule has 0 spiro atoms. The molecule has 0 atom stereocenters. The summed E-state index contributed by atoms with van der Waals surface area (Å²) in [6.07, 6.45) is 4.14. The van der Waals surface area contributed by atoms with Crippen LogP contribution in [0.4, 0.5) is 0 Å². The van der Waals surface area contributed by atoms with Gasteiger partial charge < -0.3 is 0 Å². The van der Waals surface area contributed by atoms with Crippen LogP contribution in [0.3, 0.4) is 0 Å². The van der Waals surface area contributed by atoms with Gasteiger partial charge in [0, 0.05) is 6.42 Å². The van der Waals surface area contributed by atoms with E-state index in [-0.39, 0.29) is 0 Å². The average Bonchev–Trinajstić information content (AvgIpc) is 1.66. The van der Waals surface area contributed by atoms with Gasteiger partial charge in [0.1, 0.15) is 0 Å². The third kappa shape index (κ3) is 5.25. The Labute approximate surface area is 50.1 Å². The molecular weight excluding hydrogens is 100 g/mol. The summed E-state index contributed by atoms with van der Waals surface area (Å²) in [6.45, 7) is 4.28.